The number of ether oxygens (including phenoxy) is 1. The van der Waals surface area contributed by atoms with Gasteiger partial charge < -0.3 is 9.84 Å². The summed E-state index contributed by atoms with van der Waals surface area (Å²) < 4.78 is 36.6. The molecule has 0 radical (unpaired) electrons. The lowest BCUT2D eigenvalue weighted by molar-refractivity contribution is -0.158. The number of rotatable bonds is 9. The number of aromatic nitrogens is 4. The van der Waals surface area contributed by atoms with Gasteiger partial charge in [0, 0.05) is 32.0 Å². The van der Waals surface area contributed by atoms with Crippen LogP contribution in [0.15, 0.2) is 47.8 Å². The van der Waals surface area contributed by atoms with E-state index in [1.54, 1.807) is 37.0 Å². The first-order chi connectivity index (χ1) is 17.9. The van der Waals surface area contributed by atoms with Gasteiger partial charge in [-0.25, -0.2) is 8.42 Å². The summed E-state index contributed by atoms with van der Waals surface area (Å²) in [4.78, 5) is 16.5. The molecule has 10 nitrogen and oxygen atoms in total. The standard InChI is InChI=1S/C27H35N5O5S/c1-6-31-16-23(29-30-31)17-37-25(27(4,5)26(33)34)21-8-7-19(3)22(12-21)15-32-14-18(2)11-20-9-10-28-13-24(20)38(32,35)36/h7-10,12-13,16,18,25H,6,11,14-15,17H2,1-5H3,(H,33,34)/t18-,25?/m1/s1. The van der Waals surface area contributed by atoms with Crippen molar-refractivity contribution in [3.63, 3.8) is 0 Å². The minimum atomic E-state index is -3.76. The summed E-state index contributed by atoms with van der Waals surface area (Å²) in [6, 6.07) is 7.36. The normalized spacial score (nSPS) is 18.5. The van der Waals surface area contributed by atoms with E-state index in [2.05, 4.69) is 15.3 Å². The number of hydrogen-bond acceptors (Lipinski definition) is 7. The molecule has 3 aromatic rings. The first kappa shape index (κ1) is 27.9. The van der Waals surface area contributed by atoms with Crippen LogP contribution < -0.4 is 0 Å². The third-order valence-corrected chi connectivity index (χ3v) is 8.99. The van der Waals surface area contributed by atoms with Crippen LogP contribution in [0.2, 0.25) is 0 Å². The van der Waals surface area contributed by atoms with Crippen LogP contribution in [0.25, 0.3) is 0 Å². The number of carbonyl (C=O) groups is 1. The Labute approximate surface area is 223 Å². The molecule has 2 atom stereocenters. The summed E-state index contributed by atoms with van der Waals surface area (Å²) in [5.74, 6) is -0.884. The molecule has 11 heteroatoms. The predicted molar refractivity (Wildman–Crippen MR) is 141 cm³/mol. The Morgan fingerprint density at radius 3 is 2.74 bits per heavy atom. The maximum Gasteiger partial charge on any atom is 0.312 e. The van der Waals surface area contributed by atoms with Crippen LogP contribution in [0.5, 0.6) is 0 Å². The van der Waals surface area contributed by atoms with E-state index in [0.29, 0.717) is 30.8 Å². The molecule has 3 heterocycles. The Hall–Kier alpha value is -3.15. The van der Waals surface area contributed by atoms with Crippen LogP contribution >= 0.6 is 0 Å². The fourth-order valence-electron chi connectivity index (χ4n) is 4.76. The molecule has 1 aliphatic rings. The molecule has 38 heavy (non-hydrogen) atoms. The van der Waals surface area contributed by atoms with E-state index in [0.717, 1.165) is 16.7 Å². The maximum atomic E-state index is 13.6. The van der Waals surface area contributed by atoms with Crippen LogP contribution in [-0.4, -0.2) is 50.3 Å². The number of fused-ring (bicyclic) bond motifs is 1. The Morgan fingerprint density at radius 1 is 1.29 bits per heavy atom. The highest BCUT2D eigenvalue weighted by Crippen LogP contribution is 2.39. The topological polar surface area (TPSA) is 128 Å². The zero-order valence-corrected chi connectivity index (χ0v) is 23.3. The van der Waals surface area contributed by atoms with Crippen molar-refractivity contribution in [3.05, 3.63) is 70.8 Å². The van der Waals surface area contributed by atoms with Crippen molar-refractivity contribution in [2.24, 2.45) is 11.3 Å². The Bertz CT molecular complexity index is 1420. The third-order valence-electron chi connectivity index (χ3n) is 7.11. The predicted octanol–water partition coefficient (Wildman–Crippen LogP) is 3.75. The molecule has 0 saturated carbocycles. The molecule has 0 spiro atoms. The van der Waals surface area contributed by atoms with E-state index in [-0.39, 0.29) is 24.0 Å². The molecule has 0 fully saturated rings. The van der Waals surface area contributed by atoms with Gasteiger partial charge in [-0.1, -0.05) is 30.3 Å². The van der Waals surface area contributed by atoms with E-state index in [9.17, 15) is 18.3 Å². The number of pyridine rings is 1. The first-order valence-electron chi connectivity index (χ1n) is 12.7. The van der Waals surface area contributed by atoms with Crippen LogP contribution in [0.4, 0.5) is 0 Å². The number of aryl methyl sites for hydroxylation is 2. The number of sulfonamides is 1. The van der Waals surface area contributed by atoms with Gasteiger partial charge >= 0.3 is 5.97 Å². The third kappa shape index (κ3) is 5.64. The van der Waals surface area contributed by atoms with Gasteiger partial charge in [0.1, 0.15) is 10.6 Å². The smallest absolute Gasteiger partial charge is 0.312 e. The van der Waals surface area contributed by atoms with Crippen molar-refractivity contribution < 1.29 is 23.1 Å². The molecule has 1 N–H and O–H groups in total. The van der Waals surface area contributed by atoms with E-state index in [1.807, 2.05) is 39.0 Å². The number of hydrogen-bond donors (Lipinski definition) is 1. The molecule has 204 valence electrons. The highest BCUT2D eigenvalue weighted by molar-refractivity contribution is 7.89. The van der Waals surface area contributed by atoms with Crippen molar-refractivity contribution in [2.75, 3.05) is 6.54 Å². The molecule has 2 aromatic heterocycles. The Balaban J connectivity index is 1.67. The van der Waals surface area contributed by atoms with Crippen LogP contribution in [0.3, 0.4) is 0 Å². The number of benzene rings is 1. The van der Waals surface area contributed by atoms with Crippen molar-refractivity contribution in [1.29, 1.82) is 0 Å². The van der Waals surface area contributed by atoms with E-state index in [1.165, 1.54) is 10.5 Å². The fourth-order valence-corrected chi connectivity index (χ4v) is 6.47. The maximum absolute atomic E-state index is 13.6. The second-order valence-electron chi connectivity index (χ2n) is 10.6. The number of aliphatic carboxylic acids is 1. The van der Waals surface area contributed by atoms with Crippen LogP contribution in [-0.2, 0) is 45.7 Å². The molecular formula is C27H35N5O5S. The zero-order chi connectivity index (χ0) is 27.7. The van der Waals surface area contributed by atoms with Gasteiger partial charge in [0.25, 0.3) is 0 Å². The summed E-state index contributed by atoms with van der Waals surface area (Å²) in [6.07, 6.45) is 4.65. The van der Waals surface area contributed by atoms with E-state index >= 15 is 0 Å². The number of nitrogens with zero attached hydrogens (tertiary/aromatic N) is 5. The van der Waals surface area contributed by atoms with Gasteiger partial charge in [0.15, 0.2) is 0 Å². The summed E-state index contributed by atoms with van der Waals surface area (Å²) in [7, 11) is -3.76. The highest BCUT2D eigenvalue weighted by Gasteiger charge is 2.40. The lowest BCUT2D eigenvalue weighted by atomic mass is 9.81. The van der Waals surface area contributed by atoms with Gasteiger partial charge in [0.05, 0.1) is 24.3 Å². The largest absolute Gasteiger partial charge is 0.481 e. The molecule has 0 bridgehead atoms. The lowest BCUT2D eigenvalue weighted by Crippen LogP contribution is -2.34. The summed E-state index contributed by atoms with van der Waals surface area (Å²) in [5, 5.41) is 18.1. The van der Waals surface area contributed by atoms with E-state index < -0.39 is 27.5 Å². The molecule has 1 aliphatic heterocycles. The zero-order valence-electron chi connectivity index (χ0n) is 22.5. The monoisotopic (exact) mass is 541 g/mol. The second-order valence-corrected chi connectivity index (χ2v) is 12.5. The average molecular weight is 542 g/mol. The fraction of sp³-hybridized carbons (Fsp3) is 0.481. The van der Waals surface area contributed by atoms with Crippen LogP contribution in [0, 0.1) is 18.3 Å². The average Bonchev–Trinajstić information content (AvgIpc) is 3.30. The quantitative estimate of drug-likeness (QED) is 0.434. The van der Waals surface area contributed by atoms with Crippen molar-refractivity contribution in [3.8, 4) is 0 Å². The second kappa shape index (κ2) is 10.9. The Morgan fingerprint density at radius 2 is 2.05 bits per heavy atom. The van der Waals surface area contributed by atoms with Crippen LogP contribution in [0.1, 0.15) is 61.7 Å². The number of carboxylic acid groups (broad SMARTS) is 1. The first-order valence-corrected chi connectivity index (χ1v) is 14.1. The van der Waals surface area contributed by atoms with Gasteiger partial charge in [-0.2, -0.15) is 4.31 Å². The van der Waals surface area contributed by atoms with Gasteiger partial charge in [-0.15, -0.1) is 5.10 Å². The highest BCUT2D eigenvalue weighted by atomic mass is 32.2. The minimum absolute atomic E-state index is 0.0897. The summed E-state index contributed by atoms with van der Waals surface area (Å²) in [6.45, 7) is 10.4. The Kier molecular flexibility index (Phi) is 8.01. The van der Waals surface area contributed by atoms with Crippen molar-refractivity contribution >= 4 is 16.0 Å². The number of carboxylic acids is 1. The van der Waals surface area contributed by atoms with Gasteiger partial charge in [0.2, 0.25) is 10.0 Å². The molecule has 0 aliphatic carbocycles. The SMILES string of the molecule is CCn1cc(COC(c2ccc(C)c(CN3C[C@H](C)Cc4ccncc4S3(=O)=O)c2)C(C)(C)C(=O)O)nn1. The molecule has 4 rings (SSSR count). The van der Waals surface area contributed by atoms with Crippen molar-refractivity contribution in [2.45, 2.75) is 71.7 Å². The minimum Gasteiger partial charge on any atom is -0.481 e. The van der Waals surface area contributed by atoms with Gasteiger partial charge in [-0.3, -0.25) is 14.5 Å². The van der Waals surface area contributed by atoms with Crippen molar-refractivity contribution in [1.82, 2.24) is 24.3 Å². The van der Waals surface area contributed by atoms with E-state index in [4.69, 9.17) is 4.74 Å². The molecule has 0 amide bonds. The molecule has 1 aromatic carbocycles. The lowest BCUT2D eigenvalue weighted by Gasteiger charge is -2.31. The van der Waals surface area contributed by atoms with Gasteiger partial charge in [-0.05, 0) is 68.4 Å². The molecular weight excluding hydrogens is 506 g/mol. The summed E-state index contributed by atoms with van der Waals surface area (Å²) >= 11 is 0. The molecule has 1 unspecified atom stereocenters. The summed E-state index contributed by atoms with van der Waals surface area (Å²) in [5.41, 5.74) is 2.46. The molecule has 0 saturated heterocycles.